The van der Waals surface area contributed by atoms with Crippen LogP contribution in [-0.2, 0) is 19.6 Å². The lowest BCUT2D eigenvalue weighted by Gasteiger charge is -2.35. The topological polar surface area (TPSA) is 194 Å². The van der Waals surface area contributed by atoms with Crippen LogP contribution < -0.4 is 24.8 Å². The molecule has 0 spiro atoms. The number of allylic oxidation sites excluding steroid dienone is 1. The van der Waals surface area contributed by atoms with Crippen molar-refractivity contribution in [1.29, 1.82) is 0 Å². The molecule has 0 bridgehead atoms. The summed E-state index contributed by atoms with van der Waals surface area (Å²) in [6.45, 7) is 7.72. The first-order valence-electron chi connectivity index (χ1n) is 21.7. The Hall–Kier alpha value is -4.61. The largest absolute Gasteiger partial charge is 0.496 e. The number of aromatic nitrogens is 2. The van der Waals surface area contributed by atoms with Crippen LogP contribution in [-0.4, -0.2) is 119 Å². The minimum absolute atomic E-state index is 0.0910. The van der Waals surface area contributed by atoms with Gasteiger partial charge in [-0.2, -0.15) is 0 Å². The van der Waals surface area contributed by atoms with E-state index in [9.17, 15) is 27.6 Å². The van der Waals surface area contributed by atoms with E-state index in [1.807, 2.05) is 47.6 Å². The summed E-state index contributed by atoms with van der Waals surface area (Å²) in [6, 6.07) is 4.54. The Morgan fingerprint density at radius 2 is 1.89 bits per heavy atom. The molecular formula is C44H58N7O8S2+. The van der Waals surface area contributed by atoms with Crippen molar-refractivity contribution in [1.82, 2.24) is 35.1 Å². The predicted molar refractivity (Wildman–Crippen MR) is 234 cm³/mol. The van der Waals surface area contributed by atoms with Crippen molar-refractivity contribution in [3.8, 4) is 22.2 Å². The van der Waals surface area contributed by atoms with Gasteiger partial charge in [0.1, 0.15) is 33.8 Å². The van der Waals surface area contributed by atoms with E-state index < -0.39 is 50.3 Å². The lowest BCUT2D eigenvalue weighted by atomic mass is 9.92. The molecule has 3 aliphatic heterocycles. The van der Waals surface area contributed by atoms with Gasteiger partial charge < -0.3 is 25.0 Å². The first-order chi connectivity index (χ1) is 29.2. The molecule has 2 aliphatic carbocycles. The molecule has 8 rings (SSSR count). The number of aryl methyl sites for hydroxylation is 1. The number of carbonyl (C=O) groups excluding carboxylic acids is 4. The number of nitrogens with one attached hydrogen (secondary N) is 3. The highest BCUT2D eigenvalue weighted by Gasteiger charge is 2.62. The number of urea groups is 1. The smallest absolute Gasteiger partial charge is 0.318 e. The van der Waals surface area contributed by atoms with E-state index in [0.717, 1.165) is 60.0 Å². The maximum absolute atomic E-state index is 14.8. The van der Waals surface area contributed by atoms with E-state index in [4.69, 9.17) is 19.4 Å². The molecule has 4 N–H and O–H groups in total. The van der Waals surface area contributed by atoms with Crippen LogP contribution in [0.4, 0.5) is 4.79 Å². The highest BCUT2D eigenvalue weighted by molar-refractivity contribution is 7.91. The number of nitrogens with zero attached hydrogens (tertiary/aromatic N) is 4. The highest BCUT2D eigenvalue weighted by atomic mass is 32.2. The summed E-state index contributed by atoms with van der Waals surface area (Å²) in [6.07, 6.45) is 11.2. The monoisotopic (exact) mass is 876 g/mol. The molecule has 1 aromatic carbocycles. The molecule has 5 aliphatic rings. The molecule has 2 saturated heterocycles. The van der Waals surface area contributed by atoms with Crippen molar-refractivity contribution in [3.05, 3.63) is 47.0 Å². The molecule has 5 atom stereocenters. The fourth-order valence-corrected chi connectivity index (χ4v) is 11.4. The van der Waals surface area contributed by atoms with Crippen LogP contribution in [0.1, 0.15) is 102 Å². The second kappa shape index (κ2) is 17.3. The zero-order chi connectivity index (χ0) is 43.1. The Labute approximate surface area is 361 Å². The number of ether oxygens (including phenoxy) is 2. The van der Waals surface area contributed by atoms with Gasteiger partial charge in [-0.15, -0.1) is 11.3 Å². The van der Waals surface area contributed by atoms with Crippen molar-refractivity contribution in [3.63, 3.8) is 0 Å². The minimum Gasteiger partial charge on any atom is -0.496 e. The van der Waals surface area contributed by atoms with Gasteiger partial charge in [0, 0.05) is 60.9 Å². The second-order valence-electron chi connectivity index (χ2n) is 17.8. The average molecular weight is 877 g/mol. The Kier molecular flexibility index (Phi) is 12.2. The fraction of sp³-hybridized carbons (Fsp3) is 0.591. The number of pyridine rings is 1. The number of methoxy groups -OCH3 is 1. The molecule has 5 heterocycles. The van der Waals surface area contributed by atoms with E-state index in [2.05, 4.69) is 29.2 Å². The second-order valence-corrected chi connectivity index (χ2v) is 20.7. The number of rotatable bonds is 10. The fourth-order valence-electron chi connectivity index (χ4n) is 9.05. The van der Waals surface area contributed by atoms with Crippen molar-refractivity contribution in [2.75, 3.05) is 33.3 Å². The number of likely N-dealkylation sites (tertiary alicyclic amines) is 1. The summed E-state index contributed by atoms with van der Waals surface area (Å²) < 4.78 is 40.9. The Balaban J connectivity index is 1.15. The maximum atomic E-state index is 14.8. The first-order valence-corrected chi connectivity index (χ1v) is 24.1. The molecule has 1 unspecified atom stereocenters. The number of hydrogen-bond acceptors (Lipinski definition) is 11. The minimum atomic E-state index is -3.88. The van der Waals surface area contributed by atoms with Gasteiger partial charge >= 0.3 is 12.3 Å². The Morgan fingerprint density at radius 3 is 2.59 bits per heavy atom. The molecule has 4 fully saturated rings. The number of thiazole rings is 1. The number of hydrogen-bond donors (Lipinski definition) is 3. The van der Waals surface area contributed by atoms with Gasteiger partial charge in [0.15, 0.2) is 5.54 Å². The van der Waals surface area contributed by atoms with Crippen LogP contribution in [0.25, 0.3) is 21.6 Å². The summed E-state index contributed by atoms with van der Waals surface area (Å²) in [5.74, 6) is -0.112. The van der Waals surface area contributed by atoms with Gasteiger partial charge in [-0.3, -0.25) is 24.0 Å². The summed E-state index contributed by atoms with van der Waals surface area (Å²) in [7, 11) is -2.26. The third kappa shape index (κ3) is 9.01. The van der Waals surface area contributed by atoms with Gasteiger partial charge in [0.2, 0.25) is 15.9 Å². The van der Waals surface area contributed by atoms with Crippen molar-refractivity contribution >= 4 is 56.4 Å². The van der Waals surface area contributed by atoms with Crippen LogP contribution in [0.2, 0.25) is 0 Å². The van der Waals surface area contributed by atoms with Gasteiger partial charge in [0.05, 0.1) is 29.6 Å². The summed E-state index contributed by atoms with van der Waals surface area (Å²) >= 11 is 1.51. The van der Waals surface area contributed by atoms with Crippen LogP contribution in [0.15, 0.2) is 35.7 Å². The molecule has 61 heavy (non-hydrogen) atoms. The molecule has 4 amide bonds. The highest BCUT2D eigenvalue weighted by Crippen LogP contribution is 2.46. The van der Waals surface area contributed by atoms with Gasteiger partial charge in [-0.1, -0.05) is 38.8 Å². The molecule has 2 aromatic heterocycles. The SMILES string of the molecule is COc1ccc2c(O[C@@H]3C[C@H]4C(=O)N[C@]5(C(=O)NS(=O)(=O)C6CC6)CC5/C=C\CCCCC[C@](C=[OH+])(NC(=O)N5CCCC5)CN4C3)cc(-c3nc(C(C)C)cs3)nc2c1C. The first kappa shape index (κ1) is 43.1. The lowest BCUT2D eigenvalue weighted by molar-refractivity contribution is -0.132. The third-order valence-corrected chi connectivity index (χ3v) is 15.7. The molecule has 328 valence electrons. The van der Waals surface area contributed by atoms with Crippen LogP contribution in [0, 0.1) is 12.8 Å². The normalized spacial score (nSPS) is 27.9. The number of carbonyl (C=O) groups is 3. The molecule has 15 nitrogen and oxygen atoms in total. The Morgan fingerprint density at radius 1 is 1.10 bits per heavy atom. The average Bonchev–Trinajstić information content (AvgIpc) is 3.98. The standard InChI is InChI=1S/C44H57N7O8S2/c1-27(2)34-24-60-40(46-34)33-21-37(32-15-16-36(58-4)28(3)38(32)45-33)59-30-20-35-39(53)47-44(41(54)49-61(56,57)31-13-14-31)22-29(44)12-8-6-5-7-9-17-43(26-52,25-51(35)23-30)48-42(55)50-18-10-11-19-50/h8,12,15-16,21,24,26-27,29-31,35H,5-7,9-11,13-14,17-20,22-23,25H2,1-4H3,(H,47,53)(H,48,55)(H,49,54)/p+1/b12-8-/t29?,30-,35+,43+,44-/m1/s1. The van der Waals surface area contributed by atoms with Crippen LogP contribution in [0.3, 0.4) is 0 Å². The van der Waals surface area contributed by atoms with Crippen molar-refractivity contribution in [2.45, 2.75) is 126 Å². The van der Waals surface area contributed by atoms with Gasteiger partial charge in [-0.05, 0) is 76.3 Å². The van der Waals surface area contributed by atoms with Crippen molar-refractivity contribution in [2.24, 2.45) is 5.92 Å². The van der Waals surface area contributed by atoms with E-state index in [0.29, 0.717) is 61.5 Å². The number of sulfonamides is 1. The maximum Gasteiger partial charge on any atom is 0.318 e. The molecule has 3 aromatic rings. The lowest BCUT2D eigenvalue weighted by Crippen LogP contribution is -2.62. The number of benzene rings is 1. The molecular weight excluding hydrogens is 819 g/mol. The van der Waals surface area contributed by atoms with E-state index in [1.165, 1.54) is 11.3 Å². The van der Waals surface area contributed by atoms with Gasteiger partial charge in [0.25, 0.3) is 5.91 Å². The van der Waals surface area contributed by atoms with Crippen molar-refractivity contribution < 1.29 is 37.1 Å². The number of aldehydes is 1. The van der Waals surface area contributed by atoms with Crippen LogP contribution >= 0.6 is 11.3 Å². The Bertz CT molecular complexity index is 2320. The van der Waals surface area contributed by atoms with E-state index >= 15 is 0 Å². The molecule has 0 radical (unpaired) electrons. The quantitative estimate of drug-likeness (QED) is 0.136. The zero-order valence-corrected chi connectivity index (χ0v) is 37.1. The number of amides is 4. The number of fused-ring (bicyclic) bond motifs is 3. The zero-order valence-electron chi connectivity index (χ0n) is 35.4. The van der Waals surface area contributed by atoms with E-state index in [-0.39, 0.29) is 43.8 Å². The van der Waals surface area contributed by atoms with Crippen LogP contribution in [0.5, 0.6) is 11.5 Å². The molecule has 17 heteroatoms. The summed E-state index contributed by atoms with van der Waals surface area (Å²) in [4.78, 5) is 67.2. The van der Waals surface area contributed by atoms with Gasteiger partial charge in [-0.25, -0.2) is 23.2 Å². The predicted octanol–water partition coefficient (Wildman–Crippen LogP) is 5.34. The summed E-state index contributed by atoms with van der Waals surface area (Å²) in [5.41, 5.74) is 0.481. The summed E-state index contributed by atoms with van der Waals surface area (Å²) in [5, 5.41) is 9.13. The van der Waals surface area contributed by atoms with E-state index in [1.54, 1.807) is 12.0 Å². The third-order valence-electron chi connectivity index (χ3n) is 13.0. The molecule has 2 saturated carbocycles.